The molecule has 27 heavy (non-hydrogen) atoms. The summed E-state index contributed by atoms with van der Waals surface area (Å²) in [6.07, 6.45) is 0. The predicted molar refractivity (Wildman–Crippen MR) is 127 cm³/mol. The normalized spacial score (nSPS) is 11.7. The van der Waals surface area contributed by atoms with Crippen molar-refractivity contribution in [2.75, 3.05) is 0 Å². The van der Waals surface area contributed by atoms with Crippen molar-refractivity contribution in [3.8, 4) is 0 Å². The minimum absolute atomic E-state index is 0.924. The van der Waals surface area contributed by atoms with E-state index in [-0.39, 0.29) is 0 Å². The molecule has 3 aromatic carbocycles. The second-order valence-corrected chi connectivity index (χ2v) is 11.5. The zero-order chi connectivity index (χ0) is 19.9. The lowest BCUT2D eigenvalue weighted by atomic mass is 10.1. The lowest BCUT2D eigenvalue weighted by molar-refractivity contribution is 0.592. The van der Waals surface area contributed by atoms with Crippen LogP contribution in [0.5, 0.6) is 0 Å². The second-order valence-electron chi connectivity index (χ2n) is 7.72. The molecule has 0 spiro atoms. The van der Waals surface area contributed by atoms with Crippen molar-refractivity contribution in [1.29, 1.82) is 0 Å². The van der Waals surface area contributed by atoms with Crippen LogP contribution < -0.4 is 15.9 Å². The monoisotopic (exact) mass is 488 g/mol. The van der Waals surface area contributed by atoms with Gasteiger partial charge in [0.15, 0.2) is 7.14 Å². The summed E-state index contributed by atoms with van der Waals surface area (Å²) >= 11 is 2.36. The Hall–Kier alpha value is -1.38. The van der Waals surface area contributed by atoms with Crippen molar-refractivity contribution >= 4 is 45.6 Å². The fourth-order valence-electron chi connectivity index (χ4n) is 3.85. The van der Waals surface area contributed by atoms with Gasteiger partial charge >= 0.3 is 0 Å². The van der Waals surface area contributed by atoms with Crippen molar-refractivity contribution < 1.29 is 4.57 Å². The largest absolute Gasteiger partial charge is 0.309 e. The van der Waals surface area contributed by atoms with Crippen LogP contribution >= 0.6 is 29.7 Å². The number of rotatable bonds is 3. The summed E-state index contributed by atoms with van der Waals surface area (Å²) in [4.78, 5) is 0. The standard InChI is InChI=1S/C24H26IOP/c1-15-7-16(2)11-21(10-15)27(26,22-12-17(3)8-18(4)13-22)23-14-19(5)9-20(6)24(23)25/h7-14H,1-6H3. The van der Waals surface area contributed by atoms with E-state index in [1.807, 2.05) is 0 Å². The van der Waals surface area contributed by atoms with Gasteiger partial charge in [-0.25, -0.2) is 0 Å². The van der Waals surface area contributed by atoms with Crippen molar-refractivity contribution in [1.82, 2.24) is 0 Å². The first-order chi connectivity index (χ1) is 12.6. The predicted octanol–water partition coefficient (Wildman–Crippen LogP) is 5.78. The molecule has 3 heteroatoms. The van der Waals surface area contributed by atoms with Crippen LogP contribution in [0, 0.1) is 45.1 Å². The molecule has 0 aliphatic heterocycles. The van der Waals surface area contributed by atoms with Crippen molar-refractivity contribution in [3.63, 3.8) is 0 Å². The topological polar surface area (TPSA) is 17.1 Å². The van der Waals surface area contributed by atoms with Crippen LogP contribution in [0.15, 0.2) is 48.5 Å². The Bertz CT molecular complexity index is 986. The average Bonchev–Trinajstić information content (AvgIpc) is 2.55. The van der Waals surface area contributed by atoms with E-state index in [9.17, 15) is 4.57 Å². The maximum absolute atomic E-state index is 14.9. The number of halogens is 1. The van der Waals surface area contributed by atoms with Crippen LogP contribution in [0.2, 0.25) is 0 Å². The summed E-state index contributed by atoms with van der Waals surface area (Å²) < 4.78 is 16.0. The molecule has 0 unspecified atom stereocenters. The number of aryl methyl sites for hydroxylation is 6. The SMILES string of the molecule is Cc1cc(C)cc(P(=O)(c2cc(C)cc(C)c2)c2cc(C)cc(C)c2I)c1. The van der Waals surface area contributed by atoms with Gasteiger partial charge in [-0.3, -0.25) is 0 Å². The first-order valence-electron chi connectivity index (χ1n) is 9.16. The Morgan fingerprint density at radius 2 is 0.963 bits per heavy atom. The molecule has 0 amide bonds. The highest BCUT2D eigenvalue weighted by Gasteiger charge is 2.33. The fraction of sp³-hybridized carbons (Fsp3) is 0.250. The molecule has 0 aliphatic carbocycles. The molecule has 0 aromatic heterocycles. The summed E-state index contributed by atoms with van der Waals surface area (Å²) in [5.41, 5.74) is 6.92. The lowest BCUT2D eigenvalue weighted by Gasteiger charge is -2.24. The highest BCUT2D eigenvalue weighted by molar-refractivity contribution is 14.1. The number of hydrogen-bond acceptors (Lipinski definition) is 1. The fourth-order valence-corrected chi connectivity index (χ4v) is 8.41. The Kier molecular flexibility index (Phi) is 5.70. The maximum Gasteiger partial charge on any atom is 0.172 e. The van der Waals surface area contributed by atoms with Crippen LogP contribution in [-0.2, 0) is 4.57 Å². The quantitative estimate of drug-likeness (QED) is 0.338. The summed E-state index contributed by atoms with van der Waals surface area (Å²) in [6.45, 7) is 12.5. The van der Waals surface area contributed by atoms with E-state index < -0.39 is 7.14 Å². The Morgan fingerprint density at radius 1 is 0.593 bits per heavy atom. The molecule has 0 fully saturated rings. The minimum Gasteiger partial charge on any atom is -0.309 e. The molecule has 3 aromatic rings. The van der Waals surface area contributed by atoms with Crippen LogP contribution in [0.25, 0.3) is 0 Å². The van der Waals surface area contributed by atoms with Gasteiger partial charge < -0.3 is 4.57 Å². The molecular formula is C24H26IOP. The van der Waals surface area contributed by atoms with E-state index in [1.54, 1.807) is 0 Å². The van der Waals surface area contributed by atoms with Crippen molar-refractivity contribution in [3.05, 3.63) is 85.5 Å². The molecule has 0 saturated heterocycles. The van der Waals surface area contributed by atoms with E-state index in [1.165, 1.54) is 5.56 Å². The van der Waals surface area contributed by atoms with Crippen molar-refractivity contribution in [2.45, 2.75) is 41.5 Å². The zero-order valence-corrected chi connectivity index (χ0v) is 19.9. The molecule has 0 atom stereocenters. The van der Waals surface area contributed by atoms with E-state index in [2.05, 4.69) is 113 Å². The molecule has 3 rings (SSSR count). The summed E-state index contributed by atoms with van der Waals surface area (Å²) in [7, 11) is -2.98. The van der Waals surface area contributed by atoms with Gasteiger partial charge in [-0.2, -0.15) is 0 Å². The summed E-state index contributed by atoms with van der Waals surface area (Å²) in [6, 6.07) is 16.9. The highest BCUT2D eigenvalue weighted by atomic mass is 127. The van der Waals surface area contributed by atoms with Crippen LogP contribution in [0.4, 0.5) is 0 Å². The van der Waals surface area contributed by atoms with Crippen molar-refractivity contribution in [2.24, 2.45) is 0 Å². The summed E-state index contributed by atoms with van der Waals surface area (Å²) in [5.74, 6) is 0. The summed E-state index contributed by atoms with van der Waals surface area (Å²) in [5, 5.41) is 2.80. The Balaban J connectivity index is 2.46. The average molecular weight is 488 g/mol. The Labute approximate surface area is 176 Å². The van der Waals surface area contributed by atoms with Gasteiger partial charge in [0.1, 0.15) is 0 Å². The van der Waals surface area contributed by atoms with Gasteiger partial charge in [0.25, 0.3) is 0 Å². The lowest BCUT2D eigenvalue weighted by Crippen LogP contribution is -2.28. The molecule has 0 bridgehead atoms. The molecule has 0 heterocycles. The molecule has 140 valence electrons. The van der Waals surface area contributed by atoms with E-state index in [4.69, 9.17) is 0 Å². The first-order valence-corrected chi connectivity index (χ1v) is 11.9. The minimum atomic E-state index is -2.98. The van der Waals surface area contributed by atoms with E-state index in [0.29, 0.717) is 0 Å². The van der Waals surface area contributed by atoms with E-state index in [0.717, 1.165) is 47.3 Å². The van der Waals surface area contributed by atoms with Gasteiger partial charge in [0, 0.05) is 19.5 Å². The van der Waals surface area contributed by atoms with Gasteiger partial charge in [-0.15, -0.1) is 0 Å². The third-order valence-corrected chi connectivity index (χ3v) is 9.72. The number of benzene rings is 3. The molecule has 0 saturated carbocycles. The number of hydrogen-bond donors (Lipinski definition) is 0. The molecule has 0 N–H and O–H groups in total. The third kappa shape index (κ3) is 3.93. The van der Waals surface area contributed by atoms with Crippen LogP contribution in [0.3, 0.4) is 0 Å². The van der Waals surface area contributed by atoms with Gasteiger partial charge in [-0.05, 0) is 100 Å². The third-order valence-electron chi connectivity index (χ3n) is 4.86. The molecular weight excluding hydrogens is 462 g/mol. The van der Waals surface area contributed by atoms with Crippen LogP contribution in [0.1, 0.15) is 33.4 Å². The first kappa shape index (κ1) is 20.4. The molecule has 0 radical (unpaired) electrons. The smallest absolute Gasteiger partial charge is 0.172 e. The molecule has 1 nitrogen and oxygen atoms in total. The highest BCUT2D eigenvalue weighted by Crippen LogP contribution is 2.45. The second kappa shape index (κ2) is 7.56. The van der Waals surface area contributed by atoms with Crippen LogP contribution in [-0.4, -0.2) is 0 Å². The van der Waals surface area contributed by atoms with E-state index >= 15 is 0 Å². The maximum atomic E-state index is 14.9. The van der Waals surface area contributed by atoms with Gasteiger partial charge in [-0.1, -0.05) is 46.0 Å². The zero-order valence-electron chi connectivity index (χ0n) is 16.9. The van der Waals surface area contributed by atoms with Gasteiger partial charge in [0.2, 0.25) is 0 Å². The van der Waals surface area contributed by atoms with Gasteiger partial charge in [0.05, 0.1) is 0 Å². The Morgan fingerprint density at radius 3 is 1.37 bits per heavy atom. The molecule has 0 aliphatic rings.